The first kappa shape index (κ1) is 24.6. The van der Waals surface area contributed by atoms with E-state index in [0.29, 0.717) is 25.9 Å². The maximum absolute atomic E-state index is 11.5. The van der Waals surface area contributed by atoms with Gasteiger partial charge in [-0.25, -0.2) is 0 Å². The van der Waals surface area contributed by atoms with E-state index in [4.69, 9.17) is 18.9 Å². The summed E-state index contributed by atoms with van der Waals surface area (Å²) in [7, 11) is 0. The molecule has 0 radical (unpaired) electrons. The molecule has 7 heteroatoms. The highest BCUT2D eigenvalue weighted by molar-refractivity contribution is 5.67. The summed E-state index contributed by atoms with van der Waals surface area (Å²) in [5.74, 6) is -1.28. The van der Waals surface area contributed by atoms with Gasteiger partial charge in [-0.1, -0.05) is 30.3 Å². The normalized spacial score (nSPS) is 33.6. The lowest BCUT2D eigenvalue weighted by Crippen LogP contribution is -2.32. The predicted octanol–water partition coefficient (Wildman–Crippen LogP) is 4.43. The zero-order chi connectivity index (χ0) is 23.0. The van der Waals surface area contributed by atoms with E-state index < -0.39 is 12.1 Å². The van der Waals surface area contributed by atoms with Crippen LogP contribution in [0.4, 0.5) is 0 Å². The first-order valence-electron chi connectivity index (χ1n) is 12.6. The third-order valence-electron chi connectivity index (χ3n) is 7.26. The Kier molecular flexibility index (Phi) is 9.15. The minimum absolute atomic E-state index is 0.0557. The number of aliphatic carboxylic acids is 1. The molecule has 2 heterocycles. The van der Waals surface area contributed by atoms with Crippen LogP contribution in [0.3, 0.4) is 0 Å². The second kappa shape index (κ2) is 12.3. The lowest BCUT2D eigenvalue weighted by molar-refractivity contribution is -0.201. The van der Waals surface area contributed by atoms with E-state index in [-0.39, 0.29) is 43.0 Å². The fourth-order valence-corrected chi connectivity index (χ4v) is 5.53. The van der Waals surface area contributed by atoms with E-state index in [0.717, 1.165) is 50.7 Å². The summed E-state index contributed by atoms with van der Waals surface area (Å²) in [4.78, 5) is 11.5. The zero-order valence-corrected chi connectivity index (χ0v) is 19.3. The summed E-state index contributed by atoms with van der Waals surface area (Å²) in [5, 5.41) is 20.2. The van der Waals surface area contributed by atoms with Crippen molar-refractivity contribution < 1.29 is 34.0 Å². The Morgan fingerprint density at radius 1 is 1.00 bits per heavy atom. The van der Waals surface area contributed by atoms with E-state index in [1.54, 1.807) is 0 Å². The van der Waals surface area contributed by atoms with Crippen molar-refractivity contribution in [1.29, 1.82) is 0 Å². The molecule has 3 aliphatic rings. The van der Waals surface area contributed by atoms with Crippen LogP contribution in [-0.2, 0) is 23.7 Å². The minimum Gasteiger partial charge on any atom is -0.481 e. The standard InChI is InChI=1S/C26H38O7/c27-21-17-23(33-26-11-5-7-15-31-26)19(20(21)16-24(28)29)12-13-22(18-8-2-1-3-9-18)32-25-10-4-6-14-30-25/h1-3,8-9,19-23,25-27H,4-7,10-17H2,(H,28,29)/t19-,20-,21+,22?,23-,25?,26?/m0/s1. The zero-order valence-electron chi connectivity index (χ0n) is 19.3. The molecule has 4 rings (SSSR count). The van der Waals surface area contributed by atoms with Gasteiger partial charge in [0.15, 0.2) is 12.6 Å². The molecule has 3 fully saturated rings. The van der Waals surface area contributed by atoms with Gasteiger partial charge in [0.25, 0.3) is 0 Å². The first-order valence-corrected chi connectivity index (χ1v) is 12.6. The Balaban J connectivity index is 1.46. The van der Waals surface area contributed by atoms with Crippen molar-refractivity contribution in [2.75, 3.05) is 13.2 Å². The molecule has 1 aliphatic carbocycles. The van der Waals surface area contributed by atoms with Crippen LogP contribution in [0.25, 0.3) is 0 Å². The Hall–Kier alpha value is -1.51. The van der Waals surface area contributed by atoms with Gasteiger partial charge in [0.05, 0.1) is 24.7 Å². The van der Waals surface area contributed by atoms with Crippen molar-refractivity contribution in [3.05, 3.63) is 35.9 Å². The molecule has 2 aliphatic heterocycles. The smallest absolute Gasteiger partial charge is 0.303 e. The number of aliphatic hydroxyl groups is 1. The summed E-state index contributed by atoms with van der Waals surface area (Å²) in [6.07, 6.45) is 6.28. The van der Waals surface area contributed by atoms with Gasteiger partial charge in [-0.05, 0) is 62.8 Å². The third-order valence-corrected chi connectivity index (χ3v) is 7.26. The number of carbonyl (C=O) groups is 1. The number of carboxylic acid groups (broad SMARTS) is 1. The number of aliphatic hydroxyl groups excluding tert-OH is 1. The number of carboxylic acids is 1. The minimum atomic E-state index is -0.884. The van der Waals surface area contributed by atoms with Crippen LogP contribution in [0.15, 0.2) is 30.3 Å². The topological polar surface area (TPSA) is 94.5 Å². The number of hydrogen-bond acceptors (Lipinski definition) is 6. The highest BCUT2D eigenvalue weighted by Crippen LogP contribution is 2.42. The number of rotatable bonds is 10. The summed E-state index contributed by atoms with van der Waals surface area (Å²) in [5.41, 5.74) is 1.09. The largest absolute Gasteiger partial charge is 0.481 e. The Labute approximate surface area is 196 Å². The summed E-state index contributed by atoms with van der Waals surface area (Å²) < 4.78 is 24.3. The van der Waals surface area contributed by atoms with Crippen molar-refractivity contribution in [1.82, 2.24) is 0 Å². The van der Waals surface area contributed by atoms with Crippen molar-refractivity contribution in [2.24, 2.45) is 11.8 Å². The fraction of sp³-hybridized carbons (Fsp3) is 0.731. The van der Waals surface area contributed by atoms with Gasteiger partial charge in [-0.15, -0.1) is 0 Å². The van der Waals surface area contributed by atoms with Gasteiger partial charge in [0.1, 0.15) is 0 Å². The molecule has 184 valence electrons. The third kappa shape index (κ3) is 6.99. The van der Waals surface area contributed by atoms with Crippen molar-refractivity contribution in [3.63, 3.8) is 0 Å². The molecule has 33 heavy (non-hydrogen) atoms. The molecule has 0 bridgehead atoms. The number of benzene rings is 1. The van der Waals surface area contributed by atoms with E-state index in [2.05, 4.69) is 12.1 Å². The number of hydrogen-bond donors (Lipinski definition) is 2. The Morgan fingerprint density at radius 2 is 1.70 bits per heavy atom. The van der Waals surface area contributed by atoms with Crippen LogP contribution in [0.1, 0.15) is 75.9 Å². The van der Waals surface area contributed by atoms with Gasteiger partial charge in [-0.2, -0.15) is 0 Å². The molecule has 7 nitrogen and oxygen atoms in total. The van der Waals surface area contributed by atoms with E-state index in [1.165, 1.54) is 0 Å². The molecular weight excluding hydrogens is 424 g/mol. The molecular formula is C26H38O7. The van der Waals surface area contributed by atoms with Crippen LogP contribution in [0, 0.1) is 11.8 Å². The van der Waals surface area contributed by atoms with Gasteiger partial charge in [0, 0.05) is 25.6 Å². The Morgan fingerprint density at radius 3 is 2.33 bits per heavy atom. The van der Waals surface area contributed by atoms with Gasteiger partial charge in [-0.3, -0.25) is 4.79 Å². The summed E-state index contributed by atoms with van der Waals surface area (Å²) >= 11 is 0. The molecule has 0 spiro atoms. The Bertz CT molecular complexity index is 715. The second-order valence-corrected chi connectivity index (χ2v) is 9.61. The van der Waals surface area contributed by atoms with Gasteiger partial charge >= 0.3 is 5.97 Å². The lowest BCUT2D eigenvalue weighted by Gasteiger charge is -2.32. The summed E-state index contributed by atoms with van der Waals surface area (Å²) in [6, 6.07) is 10.1. The predicted molar refractivity (Wildman–Crippen MR) is 121 cm³/mol. The maximum Gasteiger partial charge on any atom is 0.303 e. The molecule has 1 aromatic rings. The second-order valence-electron chi connectivity index (χ2n) is 9.61. The van der Waals surface area contributed by atoms with Crippen molar-refractivity contribution in [2.45, 2.75) is 95.1 Å². The molecule has 2 N–H and O–H groups in total. The quantitative estimate of drug-likeness (QED) is 0.531. The van der Waals surface area contributed by atoms with Crippen molar-refractivity contribution in [3.8, 4) is 0 Å². The fourth-order valence-electron chi connectivity index (χ4n) is 5.53. The highest BCUT2D eigenvalue weighted by Gasteiger charge is 2.45. The van der Waals surface area contributed by atoms with Gasteiger partial charge in [0.2, 0.25) is 0 Å². The first-order chi connectivity index (χ1) is 16.1. The van der Waals surface area contributed by atoms with Crippen LogP contribution < -0.4 is 0 Å². The van der Waals surface area contributed by atoms with Crippen LogP contribution in [-0.4, -0.2) is 54.2 Å². The maximum atomic E-state index is 11.5. The van der Waals surface area contributed by atoms with E-state index >= 15 is 0 Å². The average molecular weight is 463 g/mol. The monoisotopic (exact) mass is 462 g/mol. The molecule has 1 saturated carbocycles. The number of ether oxygens (including phenoxy) is 4. The van der Waals surface area contributed by atoms with E-state index in [9.17, 15) is 15.0 Å². The van der Waals surface area contributed by atoms with Crippen LogP contribution >= 0.6 is 0 Å². The van der Waals surface area contributed by atoms with Crippen LogP contribution in [0.2, 0.25) is 0 Å². The molecule has 7 atom stereocenters. The van der Waals surface area contributed by atoms with Crippen LogP contribution in [0.5, 0.6) is 0 Å². The lowest BCUT2D eigenvalue weighted by atomic mass is 9.85. The molecule has 0 aromatic heterocycles. The van der Waals surface area contributed by atoms with E-state index in [1.807, 2.05) is 18.2 Å². The molecule has 3 unspecified atom stereocenters. The van der Waals surface area contributed by atoms with Gasteiger partial charge < -0.3 is 29.2 Å². The highest BCUT2D eigenvalue weighted by atomic mass is 16.7. The molecule has 2 saturated heterocycles. The SMILES string of the molecule is O=C(O)C[C@H]1[C@H](CCC(OC2CCCCO2)c2ccccc2)[C@@H](OC2CCCCO2)C[C@H]1O. The molecule has 0 amide bonds. The van der Waals surface area contributed by atoms with Crippen molar-refractivity contribution >= 4 is 5.97 Å². The average Bonchev–Trinajstić information content (AvgIpc) is 3.11. The molecule has 1 aromatic carbocycles. The summed E-state index contributed by atoms with van der Waals surface area (Å²) in [6.45, 7) is 1.41.